The van der Waals surface area contributed by atoms with Crippen LogP contribution in [-0.2, 0) is 4.79 Å². The standard InChI is InChI=1S/C18H18N2O3/c1-12-10-13(2)18(14(3)11-12)19-17(21)9-6-15-4-7-16(8-5-15)20(22)23/h4-11H,1-3H3,(H,19,21). The van der Waals surface area contributed by atoms with Gasteiger partial charge in [0.15, 0.2) is 0 Å². The number of nitrogens with one attached hydrogen (secondary N) is 1. The van der Waals surface area contributed by atoms with E-state index in [4.69, 9.17) is 0 Å². The molecule has 0 atom stereocenters. The lowest BCUT2D eigenvalue weighted by molar-refractivity contribution is -0.384. The van der Waals surface area contributed by atoms with Crippen molar-refractivity contribution in [3.63, 3.8) is 0 Å². The molecule has 0 aliphatic carbocycles. The molecule has 5 nitrogen and oxygen atoms in total. The fourth-order valence-electron chi connectivity index (χ4n) is 2.42. The predicted octanol–water partition coefficient (Wildman–Crippen LogP) is 4.17. The lowest BCUT2D eigenvalue weighted by atomic mass is 10.1. The minimum absolute atomic E-state index is 0.0255. The summed E-state index contributed by atoms with van der Waals surface area (Å²) in [6.07, 6.45) is 3.04. The van der Waals surface area contributed by atoms with Gasteiger partial charge in [-0.1, -0.05) is 17.7 Å². The Hall–Kier alpha value is -2.95. The summed E-state index contributed by atoms with van der Waals surface area (Å²) in [6.45, 7) is 5.92. The van der Waals surface area contributed by atoms with Crippen LogP contribution in [0.3, 0.4) is 0 Å². The van der Waals surface area contributed by atoms with E-state index < -0.39 is 4.92 Å². The number of hydrogen-bond donors (Lipinski definition) is 1. The molecule has 23 heavy (non-hydrogen) atoms. The van der Waals surface area contributed by atoms with E-state index in [0.717, 1.165) is 27.9 Å². The van der Waals surface area contributed by atoms with Crippen LogP contribution in [0.4, 0.5) is 11.4 Å². The van der Waals surface area contributed by atoms with Gasteiger partial charge in [0.2, 0.25) is 5.91 Å². The molecule has 0 saturated heterocycles. The second-order valence-corrected chi connectivity index (χ2v) is 5.44. The highest BCUT2D eigenvalue weighted by Gasteiger charge is 2.06. The molecule has 0 unspecified atom stereocenters. The number of carbonyl (C=O) groups excluding carboxylic acids is 1. The third kappa shape index (κ3) is 4.26. The van der Waals surface area contributed by atoms with Gasteiger partial charge in [0.1, 0.15) is 0 Å². The average molecular weight is 310 g/mol. The van der Waals surface area contributed by atoms with Crippen LogP contribution >= 0.6 is 0 Å². The van der Waals surface area contributed by atoms with Crippen LogP contribution in [0.1, 0.15) is 22.3 Å². The van der Waals surface area contributed by atoms with E-state index in [1.807, 2.05) is 32.9 Å². The van der Waals surface area contributed by atoms with Crippen LogP contribution in [0.2, 0.25) is 0 Å². The lowest BCUT2D eigenvalue weighted by Crippen LogP contribution is -2.10. The molecule has 2 aromatic rings. The third-order valence-electron chi connectivity index (χ3n) is 3.46. The first-order chi connectivity index (χ1) is 10.9. The maximum absolute atomic E-state index is 12.0. The fraction of sp³-hybridized carbons (Fsp3) is 0.167. The zero-order chi connectivity index (χ0) is 17.0. The molecule has 0 aliphatic heterocycles. The highest BCUT2D eigenvalue weighted by atomic mass is 16.6. The second-order valence-electron chi connectivity index (χ2n) is 5.44. The Balaban J connectivity index is 2.09. The average Bonchev–Trinajstić information content (AvgIpc) is 2.49. The zero-order valence-electron chi connectivity index (χ0n) is 13.3. The Kier molecular flexibility index (Phi) is 4.91. The highest BCUT2D eigenvalue weighted by Crippen LogP contribution is 2.22. The molecule has 2 rings (SSSR count). The number of non-ortho nitro benzene ring substituents is 1. The van der Waals surface area contributed by atoms with E-state index in [0.29, 0.717) is 0 Å². The molecule has 0 saturated carbocycles. The quantitative estimate of drug-likeness (QED) is 0.523. The SMILES string of the molecule is Cc1cc(C)c(NC(=O)C=Cc2ccc([N+](=O)[O-])cc2)c(C)c1. The Bertz CT molecular complexity index is 754. The van der Waals surface area contributed by atoms with Crippen LogP contribution in [0.15, 0.2) is 42.5 Å². The molecule has 0 aliphatic rings. The third-order valence-corrected chi connectivity index (χ3v) is 3.46. The first kappa shape index (κ1) is 16.4. The van der Waals surface area contributed by atoms with Gasteiger partial charge in [-0.15, -0.1) is 0 Å². The molecule has 1 N–H and O–H groups in total. The van der Waals surface area contributed by atoms with Crippen molar-refractivity contribution < 1.29 is 9.72 Å². The molecule has 0 fully saturated rings. The number of carbonyl (C=O) groups is 1. The Morgan fingerprint density at radius 2 is 1.65 bits per heavy atom. The van der Waals surface area contributed by atoms with Gasteiger partial charge in [0.25, 0.3) is 5.69 Å². The smallest absolute Gasteiger partial charge is 0.269 e. The summed E-state index contributed by atoms with van der Waals surface area (Å²) >= 11 is 0. The van der Waals surface area contributed by atoms with Gasteiger partial charge in [-0.3, -0.25) is 14.9 Å². The number of hydrogen-bond acceptors (Lipinski definition) is 3. The second kappa shape index (κ2) is 6.87. The Labute approximate surface area is 134 Å². The first-order valence-electron chi connectivity index (χ1n) is 7.18. The Morgan fingerprint density at radius 1 is 1.09 bits per heavy atom. The fourth-order valence-corrected chi connectivity index (χ4v) is 2.42. The van der Waals surface area contributed by atoms with E-state index in [2.05, 4.69) is 5.32 Å². The molecule has 1 amide bonds. The summed E-state index contributed by atoms with van der Waals surface area (Å²) < 4.78 is 0. The molecule has 0 heterocycles. The lowest BCUT2D eigenvalue weighted by Gasteiger charge is -2.11. The predicted molar refractivity (Wildman–Crippen MR) is 91.4 cm³/mol. The number of anilines is 1. The number of nitro groups is 1. The van der Waals surface area contributed by atoms with Crippen molar-refractivity contribution >= 4 is 23.4 Å². The van der Waals surface area contributed by atoms with E-state index in [1.165, 1.54) is 18.2 Å². The van der Waals surface area contributed by atoms with Crippen molar-refractivity contribution in [1.82, 2.24) is 0 Å². The normalized spacial score (nSPS) is 10.7. The molecule has 2 aromatic carbocycles. The van der Waals surface area contributed by atoms with Crippen molar-refractivity contribution in [3.8, 4) is 0 Å². The van der Waals surface area contributed by atoms with Crippen molar-refractivity contribution in [2.75, 3.05) is 5.32 Å². The van der Waals surface area contributed by atoms with Crippen LogP contribution < -0.4 is 5.32 Å². The van der Waals surface area contributed by atoms with Crippen LogP contribution in [0, 0.1) is 30.9 Å². The molecular formula is C18H18N2O3. The van der Waals surface area contributed by atoms with Crippen molar-refractivity contribution in [2.45, 2.75) is 20.8 Å². The number of nitrogens with zero attached hydrogens (tertiary/aromatic N) is 1. The summed E-state index contributed by atoms with van der Waals surface area (Å²) in [5.41, 5.74) is 4.74. The summed E-state index contributed by atoms with van der Waals surface area (Å²) in [6, 6.07) is 10.1. The maximum Gasteiger partial charge on any atom is 0.269 e. The Morgan fingerprint density at radius 3 is 2.17 bits per heavy atom. The van der Waals surface area contributed by atoms with Gasteiger partial charge in [-0.2, -0.15) is 0 Å². The molecule has 118 valence electrons. The van der Waals surface area contributed by atoms with Crippen LogP contribution in [0.5, 0.6) is 0 Å². The molecule has 5 heteroatoms. The van der Waals surface area contributed by atoms with E-state index >= 15 is 0 Å². The van der Waals surface area contributed by atoms with Crippen LogP contribution in [-0.4, -0.2) is 10.8 Å². The topological polar surface area (TPSA) is 72.2 Å². The van der Waals surface area contributed by atoms with Gasteiger partial charge >= 0.3 is 0 Å². The number of amides is 1. The van der Waals surface area contributed by atoms with Gasteiger partial charge in [0, 0.05) is 23.9 Å². The maximum atomic E-state index is 12.0. The van der Waals surface area contributed by atoms with E-state index in [1.54, 1.807) is 18.2 Å². The van der Waals surface area contributed by atoms with Crippen molar-refractivity contribution in [3.05, 3.63) is 74.8 Å². The van der Waals surface area contributed by atoms with Crippen LogP contribution in [0.25, 0.3) is 6.08 Å². The number of benzene rings is 2. The van der Waals surface area contributed by atoms with E-state index in [9.17, 15) is 14.9 Å². The molecule has 0 spiro atoms. The van der Waals surface area contributed by atoms with Gasteiger partial charge in [-0.05, 0) is 55.7 Å². The highest BCUT2D eigenvalue weighted by molar-refractivity contribution is 6.02. The van der Waals surface area contributed by atoms with Crippen molar-refractivity contribution in [2.24, 2.45) is 0 Å². The van der Waals surface area contributed by atoms with Crippen molar-refractivity contribution in [1.29, 1.82) is 0 Å². The van der Waals surface area contributed by atoms with Gasteiger partial charge in [-0.25, -0.2) is 0 Å². The monoisotopic (exact) mass is 310 g/mol. The van der Waals surface area contributed by atoms with Gasteiger partial charge < -0.3 is 5.32 Å². The number of rotatable bonds is 4. The molecular weight excluding hydrogens is 292 g/mol. The van der Waals surface area contributed by atoms with Gasteiger partial charge in [0.05, 0.1) is 4.92 Å². The minimum Gasteiger partial charge on any atom is -0.322 e. The van der Waals surface area contributed by atoms with E-state index in [-0.39, 0.29) is 11.6 Å². The summed E-state index contributed by atoms with van der Waals surface area (Å²) in [4.78, 5) is 22.2. The number of aryl methyl sites for hydroxylation is 3. The molecule has 0 radical (unpaired) electrons. The minimum atomic E-state index is -0.455. The summed E-state index contributed by atoms with van der Waals surface area (Å²) in [5.74, 6) is -0.238. The zero-order valence-corrected chi connectivity index (χ0v) is 13.3. The molecule has 0 aromatic heterocycles. The summed E-state index contributed by atoms with van der Waals surface area (Å²) in [7, 11) is 0. The number of nitro benzene ring substituents is 1. The first-order valence-corrected chi connectivity index (χ1v) is 7.18. The summed E-state index contributed by atoms with van der Waals surface area (Å²) in [5, 5.41) is 13.5. The largest absolute Gasteiger partial charge is 0.322 e. The molecule has 0 bridgehead atoms.